The number of hydrogen-bond donors (Lipinski definition) is 0. The van der Waals surface area contributed by atoms with Gasteiger partial charge in [0.2, 0.25) is 0 Å². The number of nitrogens with zero attached hydrogens (tertiary/aromatic N) is 1. The lowest BCUT2D eigenvalue weighted by Gasteiger charge is -2.50. The first kappa shape index (κ1) is 22.3. The van der Waals surface area contributed by atoms with Gasteiger partial charge >= 0.3 is 0 Å². The Labute approximate surface area is 165 Å². The van der Waals surface area contributed by atoms with Crippen molar-refractivity contribution in [3.8, 4) is 0 Å². The molecule has 2 heterocycles. The fourth-order valence-electron chi connectivity index (χ4n) is 6.17. The van der Waals surface area contributed by atoms with E-state index >= 15 is 0 Å². The highest BCUT2D eigenvalue weighted by Crippen LogP contribution is 2.50. The molecular formula is C25H50N+. The molecule has 0 saturated carbocycles. The zero-order valence-corrected chi connectivity index (χ0v) is 18.7. The van der Waals surface area contributed by atoms with E-state index in [1.54, 1.807) is 0 Å². The van der Waals surface area contributed by atoms with Crippen molar-refractivity contribution in [2.45, 2.75) is 147 Å². The van der Waals surface area contributed by atoms with Crippen LogP contribution in [0.3, 0.4) is 0 Å². The number of rotatable bonds is 15. The van der Waals surface area contributed by atoms with Crippen LogP contribution in [0.2, 0.25) is 0 Å². The molecule has 0 unspecified atom stereocenters. The van der Waals surface area contributed by atoms with Crippen LogP contribution in [0.15, 0.2) is 0 Å². The highest BCUT2D eigenvalue weighted by atomic mass is 15.4. The van der Waals surface area contributed by atoms with Crippen LogP contribution in [-0.2, 0) is 0 Å². The number of piperidine rings is 1. The molecule has 2 aliphatic rings. The Balaban J connectivity index is 1.40. The van der Waals surface area contributed by atoms with E-state index in [9.17, 15) is 0 Å². The minimum Gasteiger partial charge on any atom is -0.321 e. The highest BCUT2D eigenvalue weighted by Gasteiger charge is 2.56. The molecule has 0 N–H and O–H groups in total. The number of quaternary nitrogens is 1. The Morgan fingerprint density at radius 2 is 1.15 bits per heavy atom. The smallest absolute Gasteiger partial charge is 0.0992 e. The fourth-order valence-corrected chi connectivity index (χ4v) is 6.17. The molecule has 2 atom stereocenters. The lowest BCUT2D eigenvalue weighted by Crippen LogP contribution is -2.61. The van der Waals surface area contributed by atoms with Gasteiger partial charge in [0.25, 0.3) is 0 Å². The minimum atomic E-state index is 0.667. The first-order chi connectivity index (χ1) is 12.6. The number of hydrogen-bond acceptors (Lipinski definition) is 0. The zero-order chi connectivity index (χ0) is 18.7. The Morgan fingerprint density at radius 3 is 1.69 bits per heavy atom. The molecule has 0 radical (unpaired) electrons. The van der Waals surface area contributed by atoms with Gasteiger partial charge in [-0.15, -0.1) is 0 Å². The van der Waals surface area contributed by atoms with Crippen molar-refractivity contribution < 1.29 is 4.48 Å². The van der Waals surface area contributed by atoms with Crippen molar-refractivity contribution in [3.05, 3.63) is 0 Å². The maximum absolute atomic E-state index is 2.54. The Morgan fingerprint density at radius 1 is 0.654 bits per heavy atom. The van der Waals surface area contributed by atoms with E-state index in [0.717, 1.165) is 6.04 Å². The number of fused-ring (bicyclic) bond motifs is 2. The van der Waals surface area contributed by atoms with Crippen molar-refractivity contribution >= 4 is 0 Å². The molecule has 0 aromatic rings. The third-order valence-electron chi connectivity index (χ3n) is 8.25. The van der Waals surface area contributed by atoms with Gasteiger partial charge in [-0.3, -0.25) is 0 Å². The Bertz CT molecular complexity index is 357. The van der Waals surface area contributed by atoms with Gasteiger partial charge in [-0.1, -0.05) is 90.4 Å². The first-order valence-electron chi connectivity index (χ1n) is 12.5. The molecule has 26 heavy (non-hydrogen) atoms. The summed E-state index contributed by atoms with van der Waals surface area (Å²) in [5, 5.41) is 0. The second-order valence-electron chi connectivity index (χ2n) is 10.2. The van der Waals surface area contributed by atoms with Crippen LogP contribution in [0.5, 0.6) is 0 Å². The summed E-state index contributed by atoms with van der Waals surface area (Å²) in [5.74, 6) is 0. The third-order valence-corrected chi connectivity index (χ3v) is 8.25. The highest BCUT2D eigenvalue weighted by molar-refractivity contribution is 4.93. The summed E-state index contributed by atoms with van der Waals surface area (Å²) in [6.07, 6.45) is 29.7. The normalized spacial score (nSPS) is 27.1. The topological polar surface area (TPSA) is 0 Å². The minimum absolute atomic E-state index is 0.667. The van der Waals surface area contributed by atoms with Crippen LogP contribution in [-0.4, -0.2) is 30.2 Å². The van der Waals surface area contributed by atoms with Gasteiger partial charge in [0.05, 0.1) is 25.7 Å². The molecule has 0 aromatic carbocycles. The summed E-state index contributed by atoms with van der Waals surface area (Å²) in [7, 11) is 5.08. The second kappa shape index (κ2) is 11.7. The molecule has 2 rings (SSSR count). The molecule has 0 aromatic heterocycles. The van der Waals surface area contributed by atoms with Crippen molar-refractivity contribution in [2.24, 2.45) is 0 Å². The molecule has 2 saturated heterocycles. The molecule has 0 spiro atoms. The van der Waals surface area contributed by atoms with Crippen molar-refractivity contribution in [2.75, 3.05) is 14.1 Å². The molecule has 2 fully saturated rings. The van der Waals surface area contributed by atoms with Crippen molar-refractivity contribution in [1.29, 1.82) is 0 Å². The van der Waals surface area contributed by atoms with E-state index in [0.29, 0.717) is 5.54 Å². The van der Waals surface area contributed by atoms with Gasteiger partial charge in [-0.25, -0.2) is 0 Å². The molecule has 0 amide bonds. The molecule has 2 aliphatic heterocycles. The first-order valence-corrected chi connectivity index (χ1v) is 12.5. The summed E-state index contributed by atoms with van der Waals surface area (Å²) in [6, 6.07) is 0.982. The van der Waals surface area contributed by atoms with Crippen LogP contribution >= 0.6 is 0 Å². The van der Waals surface area contributed by atoms with E-state index in [4.69, 9.17) is 0 Å². The molecule has 2 bridgehead atoms. The van der Waals surface area contributed by atoms with Gasteiger partial charge in [-0.05, 0) is 19.3 Å². The predicted molar refractivity (Wildman–Crippen MR) is 117 cm³/mol. The van der Waals surface area contributed by atoms with Gasteiger partial charge < -0.3 is 4.48 Å². The average molecular weight is 365 g/mol. The largest absolute Gasteiger partial charge is 0.321 e. The van der Waals surface area contributed by atoms with E-state index in [2.05, 4.69) is 21.0 Å². The average Bonchev–Trinajstić information content (AvgIpc) is 2.79. The van der Waals surface area contributed by atoms with E-state index in [1.165, 1.54) is 133 Å². The molecular weight excluding hydrogens is 314 g/mol. The second-order valence-corrected chi connectivity index (χ2v) is 10.2. The summed E-state index contributed by atoms with van der Waals surface area (Å²) in [5.41, 5.74) is 0.667. The summed E-state index contributed by atoms with van der Waals surface area (Å²) in [4.78, 5) is 0. The van der Waals surface area contributed by atoms with Crippen LogP contribution in [0, 0.1) is 0 Å². The van der Waals surface area contributed by atoms with E-state index < -0.39 is 0 Å². The van der Waals surface area contributed by atoms with Gasteiger partial charge in [0, 0.05) is 25.7 Å². The van der Waals surface area contributed by atoms with Gasteiger partial charge in [-0.2, -0.15) is 0 Å². The summed E-state index contributed by atoms with van der Waals surface area (Å²) < 4.78 is 1.35. The fraction of sp³-hybridized carbons (Fsp3) is 1.00. The van der Waals surface area contributed by atoms with Crippen LogP contribution in [0.25, 0.3) is 0 Å². The van der Waals surface area contributed by atoms with E-state index in [1.807, 2.05) is 0 Å². The van der Waals surface area contributed by atoms with Crippen LogP contribution in [0.1, 0.15) is 135 Å². The lowest BCUT2D eigenvalue weighted by atomic mass is 9.81. The van der Waals surface area contributed by atoms with Gasteiger partial charge in [0.1, 0.15) is 0 Å². The maximum atomic E-state index is 2.54. The van der Waals surface area contributed by atoms with Gasteiger partial charge in [0.15, 0.2) is 0 Å². The standard InChI is InChI=1S/C25H50N/c1-4-5-6-7-8-9-10-11-12-13-14-15-16-17-21-25-22-18-19-24(20-23-25)26(25,2)3/h24H,4-23H2,1-3H3/q+1/t24-,25+/m1/s1. The summed E-state index contributed by atoms with van der Waals surface area (Å²) >= 11 is 0. The molecule has 1 nitrogen and oxygen atoms in total. The predicted octanol–water partition coefficient (Wildman–Crippen LogP) is 8.02. The summed E-state index contributed by atoms with van der Waals surface area (Å²) in [6.45, 7) is 2.31. The van der Waals surface area contributed by atoms with Crippen LogP contribution in [0.4, 0.5) is 0 Å². The third kappa shape index (κ3) is 6.25. The van der Waals surface area contributed by atoms with Crippen LogP contribution < -0.4 is 0 Å². The van der Waals surface area contributed by atoms with E-state index in [-0.39, 0.29) is 0 Å². The zero-order valence-electron chi connectivity index (χ0n) is 18.7. The molecule has 0 aliphatic carbocycles. The van der Waals surface area contributed by atoms with Crippen molar-refractivity contribution in [3.63, 3.8) is 0 Å². The number of unbranched alkanes of at least 4 members (excludes halogenated alkanes) is 13. The molecule has 154 valence electrons. The monoisotopic (exact) mass is 364 g/mol. The maximum Gasteiger partial charge on any atom is 0.0992 e. The molecule has 1 heteroatoms. The van der Waals surface area contributed by atoms with Crippen molar-refractivity contribution in [1.82, 2.24) is 0 Å². The SMILES string of the molecule is CCCCCCCCCCCCCCCC[C@]12CCC[C@H](CC1)[N+]2(C)C. The Hall–Kier alpha value is -0.0400. The Kier molecular flexibility index (Phi) is 10.0. The lowest BCUT2D eigenvalue weighted by molar-refractivity contribution is -0.956. The quantitative estimate of drug-likeness (QED) is 0.204.